The maximum absolute atomic E-state index is 12.0. The summed E-state index contributed by atoms with van der Waals surface area (Å²) in [6.45, 7) is 0.285. The zero-order valence-corrected chi connectivity index (χ0v) is 14.1. The van der Waals surface area contributed by atoms with E-state index in [4.69, 9.17) is 16.3 Å². The van der Waals surface area contributed by atoms with E-state index in [9.17, 15) is 9.59 Å². The standard InChI is InChI=1S/C15H14BrClN2O3/c1-22-13-4-3-11(17)8-12(13)18-14(20)6-7-19-9-10(16)2-5-15(19)21/h2-5,8-9H,6-7H2,1H3,(H,18,20). The lowest BCUT2D eigenvalue weighted by molar-refractivity contribution is -0.116. The molecular formula is C15H14BrClN2O3. The number of pyridine rings is 1. The average molecular weight is 386 g/mol. The highest BCUT2D eigenvalue weighted by molar-refractivity contribution is 9.10. The van der Waals surface area contributed by atoms with Gasteiger partial charge in [0, 0.05) is 34.7 Å². The summed E-state index contributed by atoms with van der Waals surface area (Å²) in [5.41, 5.74) is 0.345. The summed E-state index contributed by atoms with van der Waals surface area (Å²) in [5, 5.41) is 3.23. The lowest BCUT2D eigenvalue weighted by Gasteiger charge is -2.11. The number of carbonyl (C=O) groups excluding carboxylic acids is 1. The Morgan fingerprint density at radius 2 is 2.14 bits per heavy atom. The molecule has 7 heteroatoms. The molecule has 0 atom stereocenters. The Balaban J connectivity index is 2.03. The number of benzene rings is 1. The molecule has 0 spiro atoms. The first kappa shape index (κ1) is 16.6. The van der Waals surface area contributed by atoms with Crippen LogP contribution in [0, 0.1) is 0 Å². The van der Waals surface area contributed by atoms with Crippen LogP contribution in [0.1, 0.15) is 6.42 Å². The van der Waals surface area contributed by atoms with Crippen LogP contribution in [0.2, 0.25) is 5.02 Å². The van der Waals surface area contributed by atoms with Crippen molar-refractivity contribution in [3.63, 3.8) is 0 Å². The van der Waals surface area contributed by atoms with Gasteiger partial charge in [-0.2, -0.15) is 0 Å². The van der Waals surface area contributed by atoms with E-state index in [-0.39, 0.29) is 24.4 Å². The van der Waals surface area contributed by atoms with E-state index in [0.29, 0.717) is 16.5 Å². The first-order chi connectivity index (χ1) is 10.5. The number of hydrogen-bond donors (Lipinski definition) is 1. The van der Waals surface area contributed by atoms with E-state index in [2.05, 4.69) is 21.2 Å². The van der Waals surface area contributed by atoms with Gasteiger partial charge in [-0.3, -0.25) is 9.59 Å². The van der Waals surface area contributed by atoms with Crippen molar-refractivity contribution in [2.75, 3.05) is 12.4 Å². The van der Waals surface area contributed by atoms with Gasteiger partial charge in [-0.05, 0) is 40.2 Å². The third-order valence-corrected chi connectivity index (χ3v) is 3.67. The maximum atomic E-state index is 12.0. The number of ether oxygens (including phenoxy) is 1. The number of amides is 1. The van der Waals surface area contributed by atoms with Crippen molar-refractivity contribution < 1.29 is 9.53 Å². The van der Waals surface area contributed by atoms with Crippen LogP contribution in [0.4, 0.5) is 5.69 Å². The van der Waals surface area contributed by atoms with Crippen molar-refractivity contribution in [2.45, 2.75) is 13.0 Å². The van der Waals surface area contributed by atoms with Gasteiger partial charge in [-0.25, -0.2) is 0 Å². The van der Waals surface area contributed by atoms with Crippen LogP contribution >= 0.6 is 27.5 Å². The summed E-state index contributed by atoms with van der Waals surface area (Å²) in [4.78, 5) is 23.7. The Morgan fingerprint density at radius 1 is 1.36 bits per heavy atom. The molecule has 116 valence electrons. The van der Waals surface area contributed by atoms with Crippen LogP contribution in [-0.2, 0) is 11.3 Å². The van der Waals surface area contributed by atoms with Crippen molar-refractivity contribution in [3.8, 4) is 5.75 Å². The minimum absolute atomic E-state index is 0.156. The van der Waals surface area contributed by atoms with Crippen LogP contribution in [0.15, 0.2) is 45.8 Å². The second-order valence-corrected chi connectivity index (χ2v) is 5.87. The zero-order chi connectivity index (χ0) is 16.1. The Hall–Kier alpha value is -1.79. The fourth-order valence-corrected chi connectivity index (χ4v) is 2.44. The molecular weight excluding hydrogens is 372 g/mol. The lowest BCUT2D eigenvalue weighted by Crippen LogP contribution is -2.22. The van der Waals surface area contributed by atoms with Crippen LogP contribution in [0.25, 0.3) is 0 Å². The Kier molecular flexibility index (Phi) is 5.63. The Bertz CT molecular complexity index is 746. The molecule has 0 aliphatic carbocycles. The summed E-state index contributed by atoms with van der Waals surface area (Å²) in [7, 11) is 1.51. The fraction of sp³-hybridized carbons (Fsp3) is 0.200. The van der Waals surface area contributed by atoms with Gasteiger partial charge in [0.05, 0.1) is 12.8 Å². The van der Waals surface area contributed by atoms with Crippen LogP contribution in [-0.4, -0.2) is 17.6 Å². The molecule has 1 heterocycles. The minimum Gasteiger partial charge on any atom is -0.495 e. The molecule has 0 aliphatic rings. The number of halogens is 2. The highest BCUT2D eigenvalue weighted by atomic mass is 79.9. The second kappa shape index (κ2) is 7.47. The molecule has 0 radical (unpaired) electrons. The fourth-order valence-electron chi connectivity index (χ4n) is 1.89. The quantitative estimate of drug-likeness (QED) is 0.859. The summed E-state index contributed by atoms with van der Waals surface area (Å²) < 4.78 is 7.42. The molecule has 5 nitrogen and oxygen atoms in total. The summed E-state index contributed by atoms with van der Waals surface area (Å²) in [6, 6.07) is 8.08. The molecule has 1 aromatic heterocycles. The molecule has 0 fully saturated rings. The predicted molar refractivity (Wildman–Crippen MR) is 89.7 cm³/mol. The number of aromatic nitrogens is 1. The third kappa shape index (κ3) is 4.35. The van der Waals surface area contributed by atoms with E-state index in [1.807, 2.05) is 0 Å². The molecule has 0 saturated carbocycles. The van der Waals surface area contributed by atoms with E-state index >= 15 is 0 Å². The van der Waals surface area contributed by atoms with Gasteiger partial charge in [0.15, 0.2) is 0 Å². The van der Waals surface area contributed by atoms with Gasteiger partial charge in [0.1, 0.15) is 5.75 Å². The summed E-state index contributed by atoms with van der Waals surface area (Å²) >= 11 is 9.20. The molecule has 1 N–H and O–H groups in total. The van der Waals surface area contributed by atoms with E-state index in [1.54, 1.807) is 30.5 Å². The molecule has 2 rings (SSSR count). The average Bonchev–Trinajstić information content (AvgIpc) is 2.48. The monoisotopic (exact) mass is 384 g/mol. The third-order valence-electron chi connectivity index (χ3n) is 2.96. The lowest BCUT2D eigenvalue weighted by atomic mass is 10.2. The Morgan fingerprint density at radius 3 is 2.86 bits per heavy atom. The number of methoxy groups -OCH3 is 1. The highest BCUT2D eigenvalue weighted by Crippen LogP contribution is 2.27. The molecule has 1 amide bonds. The summed E-state index contributed by atoms with van der Waals surface area (Å²) in [6.07, 6.45) is 1.81. The maximum Gasteiger partial charge on any atom is 0.250 e. The van der Waals surface area contributed by atoms with Gasteiger partial charge in [0.2, 0.25) is 5.91 Å². The van der Waals surface area contributed by atoms with Gasteiger partial charge < -0.3 is 14.6 Å². The number of hydrogen-bond acceptors (Lipinski definition) is 3. The first-order valence-electron chi connectivity index (χ1n) is 6.49. The number of aryl methyl sites for hydroxylation is 1. The van der Waals surface area contributed by atoms with Crippen molar-refractivity contribution in [3.05, 3.63) is 56.4 Å². The minimum atomic E-state index is -0.229. The topological polar surface area (TPSA) is 60.3 Å². The van der Waals surface area contributed by atoms with Gasteiger partial charge in [0.25, 0.3) is 5.56 Å². The SMILES string of the molecule is COc1ccc(Cl)cc1NC(=O)CCn1cc(Br)ccc1=O. The number of anilines is 1. The number of nitrogens with one attached hydrogen (secondary N) is 1. The van der Waals surface area contributed by atoms with Gasteiger partial charge >= 0.3 is 0 Å². The van der Waals surface area contributed by atoms with Crippen molar-refractivity contribution >= 4 is 39.1 Å². The summed E-state index contributed by atoms with van der Waals surface area (Å²) in [5.74, 6) is 0.296. The van der Waals surface area contributed by atoms with E-state index < -0.39 is 0 Å². The number of rotatable bonds is 5. The Labute approximate surface area is 141 Å². The smallest absolute Gasteiger partial charge is 0.250 e. The van der Waals surface area contributed by atoms with E-state index in [0.717, 1.165) is 4.47 Å². The molecule has 0 unspecified atom stereocenters. The first-order valence-corrected chi connectivity index (χ1v) is 7.66. The van der Waals surface area contributed by atoms with Crippen LogP contribution in [0.5, 0.6) is 5.75 Å². The second-order valence-electron chi connectivity index (χ2n) is 4.52. The van der Waals surface area contributed by atoms with Gasteiger partial charge in [-0.1, -0.05) is 11.6 Å². The molecule has 0 saturated heterocycles. The molecule has 0 bridgehead atoms. The predicted octanol–water partition coefficient (Wildman–Crippen LogP) is 3.30. The van der Waals surface area contributed by atoms with Crippen LogP contribution in [0.3, 0.4) is 0 Å². The largest absolute Gasteiger partial charge is 0.495 e. The number of nitrogens with zero attached hydrogens (tertiary/aromatic N) is 1. The van der Waals surface area contributed by atoms with Gasteiger partial charge in [-0.15, -0.1) is 0 Å². The van der Waals surface area contributed by atoms with Crippen molar-refractivity contribution in [1.82, 2.24) is 4.57 Å². The number of carbonyl (C=O) groups is 1. The molecule has 0 aliphatic heterocycles. The van der Waals surface area contributed by atoms with Crippen molar-refractivity contribution in [1.29, 1.82) is 0 Å². The highest BCUT2D eigenvalue weighted by Gasteiger charge is 2.09. The zero-order valence-electron chi connectivity index (χ0n) is 11.8. The molecule has 22 heavy (non-hydrogen) atoms. The molecule has 2 aromatic rings. The van der Waals surface area contributed by atoms with E-state index in [1.165, 1.54) is 17.7 Å². The molecule has 1 aromatic carbocycles. The van der Waals surface area contributed by atoms with Crippen molar-refractivity contribution in [2.24, 2.45) is 0 Å². The normalized spacial score (nSPS) is 10.3. The van der Waals surface area contributed by atoms with Crippen LogP contribution < -0.4 is 15.6 Å².